The molecule has 1 aliphatic carbocycles. The van der Waals surface area contributed by atoms with Crippen LogP contribution < -0.4 is 0 Å². The smallest absolute Gasteiger partial charge is 0.416 e. The zero-order valence-electron chi connectivity index (χ0n) is 21.7. The molecule has 10 heteroatoms. The second-order valence-corrected chi connectivity index (χ2v) is 10.3. The Morgan fingerprint density at radius 3 is 1.32 bits per heavy atom. The van der Waals surface area contributed by atoms with Gasteiger partial charge < -0.3 is 10.2 Å². The third-order valence-corrected chi connectivity index (χ3v) is 6.74. The van der Waals surface area contributed by atoms with Crippen LogP contribution in [0.4, 0.5) is 26.3 Å². The largest absolute Gasteiger partial charge is 0.507 e. The fourth-order valence-corrected chi connectivity index (χ4v) is 4.56. The van der Waals surface area contributed by atoms with Crippen LogP contribution in [-0.2, 0) is 12.4 Å². The van der Waals surface area contributed by atoms with E-state index in [-0.39, 0.29) is 45.6 Å². The highest BCUT2D eigenvalue weighted by molar-refractivity contribution is 5.86. The van der Waals surface area contributed by atoms with Crippen LogP contribution in [0.5, 0.6) is 11.5 Å². The summed E-state index contributed by atoms with van der Waals surface area (Å²) in [4.78, 5) is 8.90. The van der Waals surface area contributed by atoms with Crippen LogP contribution in [0.25, 0.3) is 0 Å². The summed E-state index contributed by atoms with van der Waals surface area (Å²) in [6.45, 7) is 6.71. The van der Waals surface area contributed by atoms with Gasteiger partial charge in [-0.25, -0.2) is 0 Å². The lowest BCUT2D eigenvalue weighted by Gasteiger charge is -2.26. The van der Waals surface area contributed by atoms with E-state index in [4.69, 9.17) is 0 Å². The molecule has 0 aliphatic heterocycles. The molecule has 0 amide bonds. The minimum absolute atomic E-state index is 0.0612. The first-order valence-corrected chi connectivity index (χ1v) is 12.5. The summed E-state index contributed by atoms with van der Waals surface area (Å²) in [7, 11) is 0. The molecular formula is C28H32F6N2O2. The van der Waals surface area contributed by atoms with Gasteiger partial charge in [0.1, 0.15) is 11.5 Å². The van der Waals surface area contributed by atoms with Crippen LogP contribution in [0.1, 0.15) is 98.6 Å². The first-order valence-electron chi connectivity index (χ1n) is 12.5. The van der Waals surface area contributed by atoms with Gasteiger partial charge in [-0.1, -0.05) is 40.5 Å². The van der Waals surface area contributed by atoms with E-state index in [1.165, 1.54) is 12.4 Å². The lowest BCUT2D eigenvalue weighted by molar-refractivity contribution is -0.138. The van der Waals surface area contributed by atoms with E-state index in [1.807, 2.05) is 0 Å². The van der Waals surface area contributed by atoms with Crippen LogP contribution in [0.15, 0.2) is 34.3 Å². The van der Waals surface area contributed by atoms with Gasteiger partial charge in [0.15, 0.2) is 0 Å². The van der Waals surface area contributed by atoms with Crippen LogP contribution in [0.2, 0.25) is 0 Å². The zero-order chi connectivity index (χ0) is 28.4. The molecule has 3 rings (SSSR count). The molecule has 4 nitrogen and oxygen atoms in total. The van der Waals surface area contributed by atoms with Crippen LogP contribution >= 0.6 is 0 Å². The molecule has 0 spiro atoms. The molecule has 1 saturated carbocycles. The molecule has 0 heterocycles. The molecule has 2 N–H and O–H groups in total. The fourth-order valence-electron chi connectivity index (χ4n) is 4.56. The van der Waals surface area contributed by atoms with Crippen molar-refractivity contribution >= 4 is 12.4 Å². The monoisotopic (exact) mass is 542 g/mol. The van der Waals surface area contributed by atoms with Crippen LogP contribution in [-0.4, -0.2) is 34.7 Å². The Morgan fingerprint density at radius 1 is 0.684 bits per heavy atom. The molecule has 0 aromatic heterocycles. The van der Waals surface area contributed by atoms with E-state index in [0.29, 0.717) is 12.8 Å². The number of phenolic OH excluding ortho intramolecular Hbond substituents is 2. The lowest BCUT2D eigenvalue weighted by Crippen LogP contribution is -2.27. The van der Waals surface area contributed by atoms with Crippen molar-refractivity contribution in [1.29, 1.82) is 0 Å². The molecule has 0 radical (unpaired) electrons. The number of alkyl halides is 6. The normalized spacial score (nSPS) is 19.4. The van der Waals surface area contributed by atoms with E-state index in [9.17, 15) is 36.6 Å². The third kappa shape index (κ3) is 6.88. The number of hydrogen-bond donors (Lipinski definition) is 2. The van der Waals surface area contributed by atoms with Gasteiger partial charge in [0.2, 0.25) is 0 Å². The second-order valence-electron chi connectivity index (χ2n) is 10.3. The Balaban J connectivity index is 1.95. The second kappa shape index (κ2) is 11.4. The Labute approximate surface area is 218 Å². The van der Waals surface area contributed by atoms with Gasteiger partial charge in [0, 0.05) is 23.6 Å². The maximum Gasteiger partial charge on any atom is 0.416 e. The van der Waals surface area contributed by atoms with Gasteiger partial charge in [0.25, 0.3) is 0 Å². The van der Waals surface area contributed by atoms with Gasteiger partial charge in [-0.05, 0) is 60.1 Å². The molecule has 0 saturated heterocycles. The SMILES string of the molecule is CC(C)c1cc(C(F)(F)F)cc(C=NC2CCCCC2N=Cc2cc(C(F)(F)F)cc(C(C)C)c2O)c1O. The van der Waals surface area contributed by atoms with Crippen molar-refractivity contribution in [3.05, 3.63) is 57.6 Å². The molecule has 2 aromatic rings. The van der Waals surface area contributed by atoms with Crippen molar-refractivity contribution in [3.8, 4) is 11.5 Å². The predicted octanol–water partition coefficient (Wildman–Crippen LogP) is 8.23. The molecule has 2 atom stereocenters. The van der Waals surface area contributed by atoms with Crippen molar-refractivity contribution in [1.82, 2.24) is 0 Å². The summed E-state index contributed by atoms with van der Waals surface area (Å²) in [5.41, 5.74) is -1.59. The van der Waals surface area contributed by atoms with Crippen LogP contribution in [0.3, 0.4) is 0 Å². The van der Waals surface area contributed by atoms with Gasteiger partial charge in [-0.15, -0.1) is 0 Å². The topological polar surface area (TPSA) is 65.2 Å². The van der Waals surface area contributed by atoms with Gasteiger partial charge in [-0.2, -0.15) is 26.3 Å². The lowest BCUT2D eigenvalue weighted by atomic mass is 9.90. The van der Waals surface area contributed by atoms with Gasteiger partial charge >= 0.3 is 12.4 Å². The number of hydrogen-bond acceptors (Lipinski definition) is 4. The summed E-state index contributed by atoms with van der Waals surface area (Å²) in [6.07, 6.45) is -4.03. The zero-order valence-corrected chi connectivity index (χ0v) is 21.7. The first kappa shape index (κ1) is 29.5. The maximum absolute atomic E-state index is 13.4. The molecule has 38 heavy (non-hydrogen) atoms. The molecule has 1 fully saturated rings. The Kier molecular flexibility index (Phi) is 8.83. The highest BCUT2D eigenvalue weighted by Crippen LogP contribution is 2.38. The van der Waals surface area contributed by atoms with E-state index in [0.717, 1.165) is 37.1 Å². The molecular weight excluding hydrogens is 510 g/mol. The van der Waals surface area contributed by atoms with Crippen LogP contribution in [0, 0.1) is 0 Å². The molecule has 2 aromatic carbocycles. The van der Waals surface area contributed by atoms with E-state index >= 15 is 0 Å². The van der Waals surface area contributed by atoms with E-state index in [2.05, 4.69) is 9.98 Å². The number of nitrogens with zero attached hydrogens (tertiary/aromatic N) is 2. The van der Waals surface area contributed by atoms with Crippen molar-refractivity contribution in [3.63, 3.8) is 0 Å². The molecule has 2 unspecified atom stereocenters. The highest BCUT2D eigenvalue weighted by atomic mass is 19.4. The molecule has 1 aliphatic rings. The van der Waals surface area contributed by atoms with E-state index in [1.54, 1.807) is 27.7 Å². The van der Waals surface area contributed by atoms with Crippen molar-refractivity contribution in [2.24, 2.45) is 9.98 Å². The first-order chi connectivity index (χ1) is 17.6. The number of aromatic hydroxyl groups is 2. The summed E-state index contributed by atoms with van der Waals surface area (Å²) < 4.78 is 80.6. The van der Waals surface area contributed by atoms with Crippen molar-refractivity contribution < 1.29 is 36.6 Å². The number of rotatable bonds is 6. The predicted molar refractivity (Wildman–Crippen MR) is 136 cm³/mol. The standard InChI is InChI=1S/C28H32F6N2O2/c1-15(2)21-11-19(27(29,30)31)9-17(25(21)37)13-35-23-7-5-6-8-24(23)36-14-18-10-20(28(32,33)34)12-22(16(3)4)26(18)38/h9-16,23-24,37-38H,5-8H2,1-4H3. The highest BCUT2D eigenvalue weighted by Gasteiger charge is 2.34. The minimum Gasteiger partial charge on any atom is -0.507 e. The summed E-state index contributed by atoms with van der Waals surface area (Å²) in [5.74, 6) is -1.26. The number of phenols is 2. The fraction of sp³-hybridized carbons (Fsp3) is 0.500. The summed E-state index contributed by atoms with van der Waals surface area (Å²) in [5, 5.41) is 21.2. The molecule has 0 bridgehead atoms. The Morgan fingerprint density at radius 2 is 1.03 bits per heavy atom. The van der Waals surface area contributed by atoms with Crippen molar-refractivity contribution in [2.45, 2.75) is 89.7 Å². The molecule has 208 valence electrons. The Bertz CT molecular complexity index is 1110. The quantitative estimate of drug-likeness (QED) is 0.285. The number of aliphatic imine (C=N–C) groups is 2. The maximum atomic E-state index is 13.4. The van der Waals surface area contributed by atoms with Gasteiger partial charge in [0.05, 0.1) is 23.2 Å². The average molecular weight is 543 g/mol. The third-order valence-electron chi connectivity index (χ3n) is 6.74. The summed E-state index contributed by atoms with van der Waals surface area (Å²) in [6, 6.07) is 2.65. The average Bonchev–Trinajstić information content (AvgIpc) is 2.81. The number of benzene rings is 2. The number of halogens is 6. The minimum atomic E-state index is -4.60. The Hall–Kier alpha value is -3.04. The van der Waals surface area contributed by atoms with E-state index < -0.39 is 35.6 Å². The summed E-state index contributed by atoms with van der Waals surface area (Å²) >= 11 is 0. The van der Waals surface area contributed by atoms with Gasteiger partial charge in [-0.3, -0.25) is 9.98 Å². The van der Waals surface area contributed by atoms with Crippen molar-refractivity contribution in [2.75, 3.05) is 0 Å².